The van der Waals surface area contributed by atoms with Crippen LogP contribution in [0.5, 0.6) is 0 Å². The Morgan fingerprint density at radius 1 is 1.19 bits per heavy atom. The van der Waals surface area contributed by atoms with Crippen LogP contribution < -0.4 is 5.73 Å². The number of nitrogens with two attached hydrogens (primary N) is 1. The van der Waals surface area contributed by atoms with E-state index in [1.807, 2.05) is 0 Å². The molecule has 0 bridgehead atoms. The van der Waals surface area contributed by atoms with Gasteiger partial charge in [0.1, 0.15) is 0 Å². The molecule has 2 rings (SSSR count). The molecular weight excluding hydrogens is 198 g/mol. The lowest BCUT2D eigenvalue weighted by atomic mass is 10.2. The Kier molecular flexibility index (Phi) is 4.02. The van der Waals surface area contributed by atoms with Gasteiger partial charge in [-0.05, 0) is 37.6 Å². The Bertz CT molecular complexity index is 322. The summed E-state index contributed by atoms with van der Waals surface area (Å²) >= 11 is 0. The average molecular weight is 221 g/mol. The first-order valence-electron chi connectivity index (χ1n) is 6.36. The number of nitrogens with zero attached hydrogens (tertiary/aromatic N) is 2. The van der Waals surface area contributed by atoms with Gasteiger partial charge in [0.25, 0.3) is 0 Å². The van der Waals surface area contributed by atoms with Crippen molar-refractivity contribution in [3.8, 4) is 0 Å². The van der Waals surface area contributed by atoms with Crippen LogP contribution in [-0.4, -0.2) is 22.6 Å². The Morgan fingerprint density at radius 3 is 2.44 bits per heavy atom. The molecule has 3 heteroatoms. The lowest BCUT2D eigenvalue weighted by molar-refractivity contribution is 0.277. The van der Waals surface area contributed by atoms with Gasteiger partial charge in [0, 0.05) is 32.0 Å². The van der Waals surface area contributed by atoms with Crippen molar-refractivity contribution in [2.45, 2.75) is 38.8 Å². The van der Waals surface area contributed by atoms with E-state index in [0.29, 0.717) is 6.54 Å². The highest BCUT2D eigenvalue weighted by atomic mass is 15.1. The van der Waals surface area contributed by atoms with Crippen LogP contribution in [0.1, 0.15) is 36.9 Å². The monoisotopic (exact) mass is 221 g/mol. The molecule has 2 heterocycles. The Morgan fingerprint density at radius 2 is 1.88 bits per heavy atom. The molecule has 0 atom stereocenters. The fraction of sp³-hybridized carbons (Fsp3) is 0.692. The van der Waals surface area contributed by atoms with Crippen molar-refractivity contribution in [3.63, 3.8) is 0 Å². The Balaban J connectivity index is 1.96. The minimum atomic E-state index is 0.635. The largest absolute Gasteiger partial charge is 0.353 e. The molecule has 0 aliphatic carbocycles. The van der Waals surface area contributed by atoms with E-state index in [2.05, 4.69) is 28.8 Å². The highest BCUT2D eigenvalue weighted by Crippen LogP contribution is 2.14. The normalized spacial score (nSPS) is 18.6. The molecule has 0 aromatic carbocycles. The predicted molar refractivity (Wildman–Crippen MR) is 67.0 cm³/mol. The van der Waals surface area contributed by atoms with E-state index in [-0.39, 0.29) is 0 Å². The number of likely N-dealkylation sites (tertiary alicyclic amines) is 1. The first-order valence-corrected chi connectivity index (χ1v) is 6.36. The molecule has 1 aliphatic heterocycles. The molecule has 1 aliphatic rings. The third kappa shape index (κ3) is 2.86. The fourth-order valence-electron chi connectivity index (χ4n) is 2.53. The molecule has 0 amide bonds. The molecule has 0 radical (unpaired) electrons. The molecule has 90 valence electrons. The fourth-order valence-corrected chi connectivity index (χ4v) is 2.53. The summed E-state index contributed by atoms with van der Waals surface area (Å²) < 4.78 is 2.15. The highest BCUT2D eigenvalue weighted by Gasteiger charge is 2.10. The third-order valence-electron chi connectivity index (χ3n) is 3.48. The smallest absolute Gasteiger partial charge is 0.0334 e. The minimum absolute atomic E-state index is 0.635. The zero-order valence-electron chi connectivity index (χ0n) is 10.3. The molecule has 0 spiro atoms. The molecular formula is C13H23N3. The first-order chi connectivity index (χ1) is 7.79. The van der Waals surface area contributed by atoms with Crippen molar-refractivity contribution in [1.29, 1.82) is 0 Å². The second-order valence-electron chi connectivity index (χ2n) is 4.85. The first kappa shape index (κ1) is 11.7. The average Bonchev–Trinajstić information content (AvgIpc) is 2.50. The summed E-state index contributed by atoms with van der Waals surface area (Å²) in [4.78, 5) is 2.57. The maximum Gasteiger partial charge on any atom is 0.0334 e. The van der Waals surface area contributed by atoms with E-state index >= 15 is 0 Å². The SMILES string of the molecule is Cn1cc(CN2CCCCCC2)cc1CN. The number of aromatic nitrogens is 1. The van der Waals surface area contributed by atoms with Gasteiger partial charge in [-0.3, -0.25) is 4.90 Å². The molecule has 0 unspecified atom stereocenters. The molecule has 1 aromatic heterocycles. The van der Waals surface area contributed by atoms with Crippen molar-refractivity contribution in [1.82, 2.24) is 9.47 Å². The minimum Gasteiger partial charge on any atom is -0.353 e. The predicted octanol–water partition coefficient (Wildman–Crippen LogP) is 1.86. The van der Waals surface area contributed by atoms with Gasteiger partial charge in [0.05, 0.1) is 0 Å². The standard InChI is InChI=1S/C13H23N3/c1-15-10-12(8-13(15)9-14)11-16-6-4-2-3-5-7-16/h8,10H,2-7,9,11,14H2,1H3. The third-order valence-corrected chi connectivity index (χ3v) is 3.48. The van der Waals surface area contributed by atoms with E-state index in [4.69, 9.17) is 5.73 Å². The van der Waals surface area contributed by atoms with Crippen LogP contribution in [0.25, 0.3) is 0 Å². The number of hydrogen-bond donors (Lipinski definition) is 1. The van der Waals surface area contributed by atoms with Crippen LogP contribution >= 0.6 is 0 Å². The quantitative estimate of drug-likeness (QED) is 0.845. The van der Waals surface area contributed by atoms with E-state index in [0.717, 1.165) is 6.54 Å². The van der Waals surface area contributed by atoms with E-state index < -0.39 is 0 Å². The van der Waals surface area contributed by atoms with Crippen LogP contribution in [0, 0.1) is 0 Å². The lowest BCUT2D eigenvalue weighted by Gasteiger charge is -2.18. The summed E-state index contributed by atoms with van der Waals surface area (Å²) in [6.07, 6.45) is 7.74. The van der Waals surface area contributed by atoms with Gasteiger partial charge in [-0.15, -0.1) is 0 Å². The van der Waals surface area contributed by atoms with Crippen molar-refractivity contribution in [3.05, 3.63) is 23.5 Å². The maximum absolute atomic E-state index is 5.69. The van der Waals surface area contributed by atoms with Gasteiger partial charge in [0.2, 0.25) is 0 Å². The molecule has 3 nitrogen and oxygen atoms in total. The molecule has 16 heavy (non-hydrogen) atoms. The summed E-state index contributed by atoms with van der Waals surface area (Å²) in [5.41, 5.74) is 8.32. The van der Waals surface area contributed by atoms with Crippen molar-refractivity contribution >= 4 is 0 Å². The van der Waals surface area contributed by atoms with Gasteiger partial charge >= 0.3 is 0 Å². The van der Waals surface area contributed by atoms with Gasteiger partial charge in [-0.25, -0.2) is 0 Å². The van der Waals surface area contributed by atoms with Crippen LogP contribution in [0.4, 0.5) is 0 Å². The number of aryl methyl sites for hydroxylation is 1. The van der Waals surface area contributed by atoms with Gasteiger partial charge in [0.15, 0.2) is 0 Å². The maximum atomic E-state index is 5.69. The Labute approximate surface area is 98.2 Å². The van der Waals surface area contributed by atoms with Crippen molar-refractivity contribution in [2.75, 3.05) is 13.1 Å². The second-order valence-corrected chi connectivity index (χ2v) is 4.85. The zero-order chi connectivity index (χ0) is 11.4. The van der Waals surface area contributed by atoms with E-state index in [1.54, 1.807) is 0 Å². The van der Waals surface area contributed by atoms with Crippen LogP contribution in [0.2, 0.25) is 0 Å². The molecule has 1 fully saturated rings. The van der Waals surface area contributed by atoms with Crippen LogP contribution in [0.15, 0.2) is 12.3 Å². The molecule has 1 aromatic rings. The summed E-state index contributed by atoms with van der Waals surface area (Å²) in [7, 11) is 2.08. The van der Waals surface area contributed by atoms with E-state index in [9.17, 15) is 0 Å². The molecule has 2 N–H and O–H groups in total. The highest BCUT2D eigenvalue weighted by molar-refractivity contribution is 5.18. The number of hydrogen-bond acceptors (Lipinski definition) is 2. The van der Waals surface area contributed by atoms with Gasteiger partial charge in [-0.2, -0.15) is 0 Å². The second kappa shape index (κ2) is 5.51. The van der Waals surface area contributed by atoms with Crippen molar-refractivity contribution in [2.24, 2.45) is 12.8 Å². The van der Waals surface area contributed by atoms with Gasteiger partial charge < -0.3 is 10.3 Å². The lowest BCUT2D eigenvalue weighted by Crippen LogP contribution is -2.23. The van der Waals surface area contributed by atoms with Gasteiger partial charge in [-0.1, -0.05) is 12.8 Å². The number of rotatable bonds is 3. The topological polar surface area (TPSA) is 34.2 Å². The summed E-state index contributed by atoms with van der Waals surface area (Å²) in [5, 5.41) is 0. The molecule has 1 saturated heterocycles. The summed E-state index contributed by atoms with van der Waals surface area (Å²) in [6.45, 7) is 4.24. The summed E-state index contributed by atoms with van der Waals surface area (Å²) in [5.74, 6) is 0. The van der Waals surface area contributed by atoms with Crippen molar-refractivity contribution < 1.29 is 0 Å². The van der Waals surface area contributed by atoms with Crippen LogP contribution in [0.3, 0.4) is 0 Å². The van der Waals surface area contributed by atoms with E-state index in [1.165, 1.54) is 50.0 Å². The zero-order valence-corrected chi connectivity index (χ0v) is 10.3. The Hall–Kier alpha value is -0.800. The molecule has 0 saturated carbocycles. The van der Waals surface area contributed by atoms with Crippen LogP contribution in [-0.2, 0) is 20.1 Å². The summed E-state index contributed by atoms with van der Waals surface area (Å²) in [6, 6.07) is 2.24.